The number of ether oxygens (including phenoxy) is 1. The number of rotatable bonds is 2. The fraction of sp³-hybridized carbons (Fsp3) is 0.600. The minimum absolute atomic E-state index is 0.00795. The molecule has 0 unspecified atom stereocenters. The van der Waals surface area contributed by atoms with Gasteiger partial charge in [-0.05, 0) is 84.5 Å². The van der Waals surface area contributed by atoms with E-state index in [1.807, 2.05) is 12.1 Å². The van der Waals surface area contributed by atoms with Crippen molar-refractivity contribution in [3.63, 3.8) is 0 Å². The predicted molar refractivity (Wildman–Crippen MR) is 134 cm³/mol. The number of benzene rings is 1. The number of nitrogens with one attached hydrogen (secondary N) is 1. The first-order valence-corrected chi connectivity index (χ1v) is 12.9. The third-order valence-electron chi connectivity index (χ3n) is 9.89. The van der Waals surface area contributed by atoms with E-state index in [0.717, 1.165) is 32.1 Å². The van der Waals surface area contributed by atoms with Gasteiger partial charge in [0, 0.05) is 11.5 Å². The van der Waals surface area contributed by atoms with Gasteiger partial charge in [-0.1, -0.05) is 65.0 Å². The van der Waals surface area contributed by atoms with Crippen molar-refractivity contribution in [1.82, 2.24) is 5.32 Å². The van der Waals surface area contributed by atoms with Crippen molar-refractivity contribution in [3.8, 4) is 5.75 Å². The highest BCUT2D eigenvalue weighted by Gasteiger charge is 2.62. The zero-order valence-corrected chi connectivity index (χ0v) is 21.3. The summed E-state index contributed by atoms with van der Waals surface area (Å²) < 4.78 is 5.94. The monoisotopic (exact) mass is 461 g/mol. The fourth-order valence-corrected chi connectivity index (χ4v) is 7.80. The lowest BCUT2D eigenvalue weighted by Gasteiger charge is -2.59. The van der Waals surface area contributed by atoms with E-state index in [1.165, 1.54) is 11.1 Å². The van der Waals surface area contributed by atoms with E-state index >= 15 is 0 Å². The Morgan fingerprint density at radius 3 is 2.47 bits per heavy atom. The van der Waals surface area contributed by atoms with Crippen LogP contribution in [0.1, 0.15) is 72.3 Å². The normalized spacial score (nSPS) is 39.0. The zero-order valence-electron chi connectivity index (χ0n) is 21.3. The summed E-state index contributed by atoms with van der Waals surface area (Å²) in [4.78, 5) is 25.4. The maximum atomic E-state index is 13.4. The molecule has 182 valence electrons. The fourth-order valence-electron chi connectivity index (χ4n) is 7.80. The summed E-state index contributed by atoms with van der Waals surface area (Å²) in [5, 5.41) is 3.20. The second-order valence-electron chi connectivity index (χ2n) is 12.7. The number of carbonyl (C=O) groups is 2. The van der Waals surface area contributed by atoms with Crippen molar-refractivity contribution in [2.24, 2.45) is 34.5 Å². The molecule has 1 amide bonds. The molecule has 1 aromatic carbocycles. The number of esters is 1. The lowest BCUT2D eigenvalue weighted by Crippen LogP contribution is -2.60. The molecular weight excluding hydrogens is 422 g/mol. The number of carbonyl (C=O) groups excluding carboxylic acids is 2. The van der Waals surface area contributed by atoms with E-state index in [2.05, 4.69) is 64.7 Å². The average molecular weight is 462 g/mol. The Bertz CT molecular complexity index is 1050. The molecule has 0 aromatic heterocycles. The van der Waals surface area contributed by atoms with Gasteiger partial charge in [-0.3, -0.25) is 9.59 Å². The summed E-state index contributed by atoms with van der Waals surface area (Å²) in [5.74, 6) is 1.76. The summed E-state index contributed by atoms with van der Waals surface area (Å²) in [5.41, 5.74) is 2.44. The average Bonchev–Trinajstić information content (AvgIpc) is 3.12. The Morgan fingerprint density at radius 1 is 1.09 bits per heavy atom. The van der Waals surface area contributed by atoms with Gasteiger partial charge in [-0.15, -0.1) is 0 Å². The molecule has 1 aromatic rings. The molecule has 4 nitrogen and oxygen atoms in total. The minimum atomic E-state index is -0.0827. The molecule has 1 N–H and O–H groups in total. The number of hydrogen-bond acceptors (Lipinski definition) is 3. The van der Waals surface area contributed by atoms with Crippen LogP contribution in [0, 0.1) is 34.5 Å². The first-order chi connectivity index (χ1) is 15.9. The quantitative estimate of drug-likeness (QED) is 0.335. The molecule has 5 rings (SSSR count). The van der Waals surface area contributed by atoms with Gasteiger partial charge >= 0.3 is 5.97 Å². The second-order valence-corrected chi connectivity index (χ2v) is 12.7. The van der Waals surface area contributed by atoms with E-state index in [1.54, 1.807) is 6.08 Å². The zero-order chi connectivity index (χ0) is 24.5. The van der Waals surface area contributed by atoms with Crippen molar-refractivity contribution in [1.29, 1.82) is 0 Å². The molecule has 1 heterocycles. The highest BCUT2D eigenvalue weighted by Crippen LogP contribution is 2.66. The Balaban J connectivity index is 1.36. The number of amides is 1. The van der Waals surface area contributed by atoms with Gasteiger partial charge in [-0.2, -0.15) is 0 Å². The highest BCUT2D eigenvalue weighted by atomic mass is 16.5. The van der Waals surface area contributed by atoms with Crippen LogP contribution in [0.4, 0.5) is 0 Å². The number of fused-ring (bicyclic) bond motifs is 5. The van der Waals surface area contributed by atoms with Crippen LogP contribution >= 0.6 is 0 Å². The van der Waals surface area contributed by atoms with Crippen molar-refractivity contribution in [2.45, 2.75) is 78.2 Å². The largest absolute Gasteiger partial charge is 0.426 e. The topological polar surface area (TPSA) is 55.4 Å². The van der Waals surface area contributed by atoms with Crippen LogP contribution < -0.4 is 10.1 Å². The van der Waals surface area contributed by atoms with Gasteiger partial charge in [-0.25, -0.2) is 0 Å². The summed E-state index contributed by atoms with van der Waals surface area (Å²) in [7, 11) is 0. The van der Waals surface area contributed by atoms with Gasteiger partial charge in [0.25, 0.3) is 0 Å². The summed E-state index contributed by atoms with van der Waals surface area (Å²) in [6.45, 7) is 15.7. The van der Waals surface area contributed by atoms with Crippen LogP contribution in [0.2, 0.25) is 0 Å². The van der Waals surface area contributed by atoms with E-state index in [0.29, 0.717) is 23.5 Å². The summed E-state index contributed by atoms with van der Waals surface area (Å²) >= 11 is 0. The highest BCUT2D eigenvalue weighted by molar-refractivity contribution is 5.89. The van der Waals surface area contributed by atoms with Crippen molar-refractivity contribution in [3.05, 3.63) is 54.1 Å². The molecule has 4 aliphatic rings. The maximum Gasteiger partial charge on any atom is 0.314 e. The molecule has 1 aliphatic heterocycles. The van der Waals surface area contributed by atoms with Crippen LogP contribution in [0.15, 0.2) is 48.6 Å². The van der Waals surface area contributed by atoms with Crippen molar-refractivity contribution >= 4 is 11.9 Å². The number of hydrogen-bond donors (Lipinski definition) is 1. The lowest BCUT2D eigenvalue weighted by molar-refractivity contribution is -0.146. The van der Waals surface area contributed by atoms with Gasteiger partial charge in [0.15, 0.2) is 0 Å². The molecule has 0 bridgehead atoms. The second kappa shape index (κ2) is 7.83. The van der Waals surface area contributed by atoms with E-state index in [9.17, 15) is 9.59 Å². The Hall–Kier alpha value is -2.36. The maximum absolute atomic E-state index is 13.4. The van der Waals surface area contributed by atoms with Gasteiger partial charge in [0.2, 0.25) is 5.91 Å². The summed E-state index contributed by atoms with van der Waals surface area (Å²) in [6.07, 6.45) is 8.68. The Labute approximate surface area is 204 Å². The molecule has 34 heavy (non-hydrogen) atoms. The van der Waals surface area contributed by atoms with Gasteiger partial charge in [0.1, 0.15) is 5.75 Å². The molecule has 0 saturated heterocycles. The van der Waals surface area contributed by atoms with Crippen LogP contribution in [-0.4, -0.2) is 17.9 Å². The summed E-state index contributed by atoms with van der Waals surface area (Å²) in [6, 6.07) is 8.11. The molecular formula is C30H39NO3. The van der Waals surface area contributed by atoms with E-state index < -0.39 is 0 Å². The third kappa shape index (κ3) is 3.56. The first kappa shape index (κ1) is 23.4. The third-order valence-corrected chi connectivity index (χ3v) is 9.89. The van der Waals surface area contributed by atoms with Crippen LogP contribution in [0.25, 0.3) is 0 Å². The van der Waals surface area contributed by atoms with E-state index in [-0.39, 0.29) is 40.1 Å². The van der Waals surface area contributed by atoms with Gasteiger partial charge in [0.05, 0.1) is 5.92 Å². The van der Waals surface area contributed by atoms with Crippen molar-refractivity contribution in [2.75, 3.05) is 0 Å². The van der Waals surface area contributed by atoms with E-state index in [4.69, 9.17) is 4.74 Å². The van der Waals surface area contributed by atoms with Crippen LogP contribution in [-0.2, 0) is 15.0 Å². The molecule has 7 atom stereocenters. The standard InChI is InChI=1S/C30H39NO3/c1-18-17-24-30(6,16-14-25(32)31-24)22-13-15-29(5)21(26(18)22)11-12-23(29)27(33)34-20-9-7-19(8-10-20)28(2,3)4/h7-10,14,16,21-24,26H,1,11-13,15,17H2,2-6H3,(H,31,32)/t21-,22-,23+,24+,26-,29-,30+/m0/s1. The molecule has 0 radical (unpaired) electrons. The van der Waals surface area contributed by atoms with Crippen molar-refractivity contribution < 1.29 is 14.3 Å². The minimum Gasteiger partial charge on any atom is -0.426 e. The molecule has 3 fully saturated rings. The molecule has 3 saturated carbocycles. The molecule has 3 aliphatic carbocycles. The van der Waals surface area contributed by atoms with Crippen LogP contribution in [0.3, 0.4) is 0 Å². The van der Waals surface area contributed by atoms with Gasteiger partial charge < -0.3 is 10.1 Å². The predicted octanol–water partition coefficient (Wildman–Crippen LogP) is 5.97. The molecule has 0 spiro atoms. The Morgan fingerprint density at radius 2 is 1.79 bits per heavy atom. The molecule has 4 heteroatoms. The van der Waals surface area contributed by atoms with Crippen LogP contribution in [0.5, 0.6) is 5.75 Å². The smallest absolute Gasteiger partial charge is 0.314 e. The Kier molecular flexibility index (Phi) is 5.38. The SMILES string of the molecule is C=C1C[C@H]2NC(=O)C=C[C@]2(C)[C@H]2CC[C@]3(C)[C@@H](C(=O)Oc4ccc(C(C)(C)C)cc4)CC[C@H]3[C@H]12. The lowest BCUT2D eigenvalue weighted by atomic mass is 9.47. The first-order valence-electron chi connectivity index (χ1n) is 12.9.